The smallest absolute Gasteiger partial charge is 0.276 e. The van der Waals surface area contributed by atoms with Gasteiger partial charge < -0.3 is 10.1 Å². The van der Waals surface area contributed by atoms with Crippen LogP contribution in [0.3, 0.4) is 0 Å². The van der Waals surface area contributed by atoms with Gasteiger partial charge in [0.25, 0.3) is 5.91 Å². The van der Waals surface area contributed by atoms with Gasteiger partial charge in [-0.05, 0) is 68.4 Å². The van der Waals surface area contributed by atoms with Gasteiger partial charge in [-0.15, -0.1) is 0 Å². The van der Waals surface area contributed by atoms with E-state index in [1.165, 1.54) is 0 Å². The Hall–Kier alpha value is -2.73. The third-order valence-electron chi connectivity index (χ3n) is 3.78. The van der Waals surface area contributed by atoms with Crippen LogP contribution in [0.25, 0.3) is 0 Å². The predicted octanol–water partition coefficient (Wildman–Crippen LogP) is 4.88. The van der Waals surface area contributed by atoms with E-state index < -0.39 is 0 Å². The average Bonchev–Trinajstić information content (AvgIpc) is 3.15. The molecular formula is C20H21N3O2S. The monoisotopic (exact) mass is 367 g/mol. The van der Waals surface area contributed by atoms with Crippen molar-refractivity contribution in [2.24, 2.45) is 0 Å². The molecule has 0 unspecified atom stereocenters. The number of hydrogen-bond acceptors (Lipinski definition) is 4. The zero-order valence-electron chi connectivity index (χ0n) is 15.0. The number of anilines is 1. The topological polar surface area (TPSA) is 56.1 Å². The number of hydrogen-bond donors (Lipinski definition) is 1. The maximum Gasteiger partial charge on any atom is 0.276 e. The van der Waals surface area contributed by atoms with Crippen molar-refractivity contribution in [3.8, 4) is 5.75 Å². The molecule has 1 heterocycles. The van der Waals surface area contributed by atoms with Gasteiger partial charge in [0.15, 0.2) is 5.69 Å². The first-order chi connectivity index (χ1) is 12.5. The van der Waals surface area contributed by atoms with Crippen LogP contribution in [-0.4, -0.2) is 22.8 Å². The summed E-state index contributed by atoms with van der Waals surface area (Å²) >= 11 is 1.65. The van der Waals surface area contributed by atoms with Crippen LogP contribution in [-0.2, 0) is 0 Å². The Kier molecular flexibility index (Phi) is 5.63. The number of amides is 1. The van der Waals surface area contributed by atoms with E-state index in [2.05, 4.69) is 10.4 Å². The molecule has 3 aromatic rings. The maximum absolute atomic E-state index is 12.3. The molecule has 0 spiro atoms. The van der Waals surface area contributed by atoms with Crippen molar-refractivity contribution in [3.05, 3.63) is 66.5 Å². The van der Waals surface area contributed by atoms with Gasteiger partial charge in [0.2, 0.25) is 0 Å². The molecule has 3 rings (SSSR count). The largest absolute Gasteiger partial charge is 0.497 e. The fraction of sp³-hybridized carbons (Fsp3) is 0.200. The van der Waals surface area contributed by atoms with E-state index in [9.17, 15) is 4.79 Å². The van der Waals surface area contributed by atoms with E-state index in [-0.39, 0.29) is 11.9 Å². The first kappa shape index (κ1) is 18.1. The SMILES string of the molecule is COc1ccc(Sc2ccc(NC(=O)c3ccn(C(C)C)n3)cc2)cc1. The lowest BCUT2D eigenvalue weighted by molar-refractivity contribution is 0.102. The van der Waals surface area contributed by atoms with E-state index in [1.54, 1.807) is 29.6 Å². The van der Waals surface area contributed by atoms with Crippen LogP contribution in [0, 0.1) is 0 Å². The van der Waals surface area contributed by atoms with Gasteiger partial charge in [0.1, 0.15) is 5.75 Å². The van der Waals surface area contributed by atoms with Gasteiger partial charge in [0.05, 0.1) is 7.11 Å². The van der Waals surface area contributed by atoms with Gasteiger partial charge in [-0.2, -0.15) is 5.10 Å². The molecule has 0 radical (unpaired) electrons. The van der Waals surface area contributed by atoms with Gasteiger partial charge >= 0.3 is 0 Å². The molecule has 1 aromatic heterocycles. The Labute approximate surface area is 157 Å². The minimum Gasteiger partial charge on any atom is -0.497 e. The van der Waals surface area contributed by atoms with Crippen molar-refractivity contribution in [1.29, 1.82) is 0 Å². The molecule has 0 saturated heterocycles. The van der Waals surface area contributed by atoms with Crippen molar-refractivity contribution >= 4 is 23.4 Å². The van der Waals surface area contributed by atoms with E-state index in [0.29, 0.717) is 5.69 Å². The van der Waals surface area contributed by atoms with Crippen molar-refractivity contribution < 1.29 is 9.53 Å². The number of ether oxygens (including phenoxy) is 1. The number of aromatic nitrogens is 2. The summed E-state index contributed by atoms with van der Waals surface area (Å²) in [6.45, 7) is 4.04. The molecule has 0 saturated carbocycles. The van der Waals surface area contributed by atoms with Crippen LogP contribution in [0.2, 0.25) is 0 Å². The fourth-order valence-corrected chi connectivity index (χ4v) is 3.14. The maximum atomic E-state index is 12.3. The second-order valence-corrected chi connectivity index (χ2v) is 7.18. The summed E-state index contributed by atoms with van der Waals surface area (Å²) in [5.41, 5.74) is 1.16. The summed E-state index contributed by atoms with van der Waals surface area (Å²) < 4.78 is 6.93. The highest BCUT2D eigenvalue weighted by molar-refractivity contribution is 7.99. The molecule has 6 heteroatoms. The highest BCUT2D eigenvalue weighted by Gasteiger charge is 2.11. The minimum atomic E-state index is -0.208. The van der Waals surface area contributed by atoms with Crippen LogP contribution in [0.4, 0.5) is 5.69 Å². The summed E-state index contributed by atoms with van der Waals surface area (Å²) in [5, 5.41) is 7.16. The quantitative estimate of drug-likeness (QED) is 0.675. The molecule has 26 heavy (non-hydrogen) atoms. The summed E-state index contributed by atoms with van der Waals surface area (Å²) in [4.78, 5) is 14.5. The van der Waals surface area contributed by atoms with Crippen molar-refractivity contribution in [1.82, 2.24) is 9.78 Å². The number of methoxy groups -OCH3 is 1. The minimum absolute atomic E-state index is 0.208. The lowest BCUT2D eigenvalue weighted by Crippen LogP contribution is -2.13. The highest BCUT2D eigenvalue weighted by atomic mass is 32.2. The zero-order valence-corrected chi connectivity index (χ0v) is 15.8. The standard InChI is InChI=1S/C20H21N3O2S/c1-14(2)23-13-12-19(22-23)20(24)21-15-4-8-17(9-5-15)26-18-10-6-16(25-3)7-11-18/h4-14H,1-3H3,(H,21,24). The molecule has 134 valence electrons. The number of carbonyl (C=O) groups excluding carboxylic acids is 1. The third-order valence-corrected chi connectivity index (χ3v) is 4.79. The Morgan fingerprint density at radius 2 is 1.65 bits per heavy atom. The number of rotatable bonds is 6. The normalized spacial score (nSPS) is 10.8. The molecule has 0 aliphatic carbocycles. The number of nitrogens with one attached hydrogen (secondary N) is 1. The molecule has 1 amide bonds. The first-order valence-corrected chi connectivity index (χ1v) is 9.15. The lowest BCUT2D eigenvalue weighted by atomic mass is 10.3. The Morgan fingerprint density at radius 3 is 2.19 bits per heavy atom. The van der Waals surface area contributed by atoms with Crippen LogP contribution in [0.15, 0.2) is 70.6 Å². The number of benzene rings is 2. The van der Waals surface area contributed by atoms with E-state index in [1.807, 2.05) is 68.6 Å². The molecular weight excluding hydrogens is 346 g/mol. The van der Waals surface area contributed by atoms with Crippen molar-refractivity contribution in [2.45, 2.75) is 29.7 Å². The molecule has 0 fully saturated rings. The van der Waals surface area contributed by atoms with Crippen LogP contribution in [0.1, 0.15) is 30.4 Å². The summed E-state index contributed by atoms with van der Waals surface area (Å²) in [6, 6.07) is 17.6. The molecule has 1 N–H and O–H groups in total. The first-order valence-electron chi connectivity index (χ1n) is 8.33. The van der Waals surface area contributed by atoms with E-state index >= 15 is 0 Å². The van der Waals surface area contributed by atoms with Crippen LogP contribution >= 0.6 is 11.8 Å². The fourth-order valence-electron chi connectivity index (χ4n) is 2.33. The van der Waals surface area contributed by atoms with Gasteiger partial charge in [-0.1, -0.05) is 11.8 Å². The summed E-state index contributed by atoms with van der Waals surface area (Å²) in [5.74, 6) is 0.632. The summed E-state index contributed by atoms with van der Waals surface area (Å²) in [6.07, 6.45) is 1.81. The van der Waals surface area contributed by atoms with Gasteiger partial charge in [-0.25, -0.2) is 0 Å². The third kappa shape index (κ3) is 4.46. The Bertz CT molecular complexity index is 871. The average molecular weight is 367 g/mol. The highest BCUT2D eigenvalue weighted by Crippen LogP contribution is 2.29. The molecule has 0 atom stereocenters. The number of carbonyl (C=O) groups is 1. The number of nitrogens with zero attached hydrogens (tertiary/aromatic N) is 2. The van der Waals surface area contributed by atoms with Crippen molar-refractivity contribution in [3.63, 3.8) is 0 Å². The molecule has 0 aliphatic rings. The molecule has 0 aliphatic heterocycles. The van der Waals surface area contributed by atoms with E-state index in [0.717, 1.165) is 21.2 Å². The summed E-state index contributed by atoms with van der Waals surface area (Å²) in [7, 11) is 1.66. The van der Waals surface area contributed by atoms with E-state index in [4.69, 9.17) is 4.74 Å². The predicted molar refractivity (Wildman–Crippen MR) is 104 cm³/mol. The van der Waals surface area contributed by atoms with Gasteiger partial charge in [0, 0.05) is 27.7 Å². The zero-order chi connectivity index (χ0) is 18.5. The van der Waals surface area contributed by atoms with Crippen LogP contribution < -0.4 is 10.1 Å². The Morgan fingerprint density at radius 1 is 1.04 bits per heavy atom. The molecule has 2 aromatic carbocycles. The van der Waals surface area contributed by atoms with Crippen LogP contribution in [0.5, 0.6) is 5.75 Å². The second-order valence-electron chi connectivity index (χ2n) is 6.03. The molecule has 5 nitrogen and oxygen atoms in total. The second kappa shape index (κ2) is 8.10. The lowest BCUT2D eigenvalue weighted by Gasteiger charge is -2.07. The Balaban J connectivity index is 1.62. The van der Waals surface area contributed by atoms with Gasteiger partial charge in [-0.3, -0.25) is 9.48 Å². The molecule has 0 bridgehead atoms. The van der Waals surface area contributed by atoms with Crippen molar-refractivity contribution in [2.75, 3.05) is 12.4 Å².